The number of aryl methyl sites for hydroxylation is 2. The second kappa shape index (κ2) is 9.08. The lowest BCUT2D eigenvalue weighted by molar-refractivity contribution is -0.918. The maximum absolute atomic E-state index is 13.1. The van der Waals surface area contributed by atoms with E-state index in [9.17, 15) is 8.42 Å². The van der Waals surface area contributed by atoms with Crippen LogP contribution in [-0.4, -0.2) is 42.1 Å². The first kappa shape index (κ1) is 21.3. The fourth-order valence-electron chi connectivity index (χ4n) is 4.83. The van der Waals surface area contributed by atoms with Crippen LogP contribution in [0.5, 0.6) is 0 Å². The molecule has 0 aromatic heterocycles. The van der Waals surface area contributed by atoms with Crippen LogP contribution in [0.3, 0.4) is 0 Å². The smallest absolute Gasteiger partial charge is 0.240 e. The van der Waals surface area contributed by atoms with E-state index in [1.807, 2.05) is 26.2 Å². The molecule has 5 nitrogen and oxygen atoms in total. The summed E-state index contributed by atoms with van der Waals surface area (Å²) in [6, 6.07) is 14.3. The molecule has 4 rings (SSSR count). The summed E-state index contributed by atoms with van der Waals surface area (Å²) in [4.78, 5) is 3.96. The fourth-order valence-corrected chi connectivity index (χ4v) is 5.93. The van der Waals surface area contributed by atoms with Crippen molar-refractivity contribution >= 4 is 15.7 Å². The summed E-state index contributed by atoms with van der Waals surface area (Å²) in [6.07, 6.45) is 6.81. The van der Waals surface area contributed by atoms with Crippen LogP contribution in [0.2, 0.25) is 0 Å². The first-order valence-electron chi connectivity index (χ1n) is 11.2. The second-order valence-electron chi connectivity index (χ2n) is 8.89. The van der Waals surface area contributed by atoms with Crippen molar-refractivity contribution in [2.24, 2.45) is 0 Å². The van der Waals surface area contributed by atoms with Crippen molar-refractivity contribution < 1.29 is 13.3 Å². The lowest BCUT2D eigenvalue weighted by atomic mass is 9.92. The van der Waals surface area contributed by atoms with Gasteiger partial charge in [0.1, 0.15) is 6.04 Å². The molecule has 2 aromatic carbocycles. The van der Waals surface area contributed by atoms with Gasteiger partial charge in [0.15, 0.2) is 0 Å². The lowest BCUT2D eigenvalue weighted by Gasteiger charge is -2.26. The van der Waals surface area contributed by atoms with Crippen LogP contribution in [0.1, 0.15) is 48.4 Å². The van der Waals surface area contributed by atoms with Gasteiger partial charge in [0, 0.05) is 38.2 Å². The van der Waals surface area contributed by atoms with Crippen molar-refractivity contribution in [2.75, 3.05) is 38.6 Å². The van der Waals surface area contributed by atoms with E-state index < -0.39 is 10.0 Å². The van der Waals surface area contributed by atoms with Crippen molar-refractivity contribution in [2.45, 2.75) is 49.5 Å². The number of anilines is 1. The third kappa shape index (κ3) is 4.71. The van der Waals surface area contributed by atoms with Gasteiger partial charge >= 0.3 is 0 Å². The third-order valence-electron chi connectivity index (χ3n) is 6.66. The molecular formula is C24H34N3O2S+. The normalized spacial score (nSPS) is 18.2. The molecule has 2 aromatic rings. The van der Waals surface area contributed by atoms with Crippen molar-refractivity contribution in [1.82, 2.24) is 4.72 Å². The molecule has 0 amide bonds. The Bertz CT molecular complexity index is 964. The minimum Gasteiger partial charge on any atom is -0.378 e. The predicted octanol–water partition coefficient (Wildman–Crippen LogP) is 2.33. The minimum atomic E-state index is -3.52. The number of benzene rings is 2. The van der Waals surface area contributed by atoms with Crippen LogP contribution < -0.4 is 14.5 Å². The zero-order valence-corrected chi connectivity index (χ0v) is 19.0. The van der Waals surface area contributed by atoms with Crippen LogP contribution in [0.4, 0.5) is 5.69 Å². The summed E-state index contributed by atoms with van der Waals surface area (Å²) in [5.74, 6) is 0. The zero-order chi connectivity index (χ0) is 21.1. The molecule has 1 aliphatic carbocycles. The van der Waals surface area contributed by atoms with E-state index in [4.69, 9.17) is 0 Å². The standard InChI is InChI=1S/C24H33N3O2S/c1-26(2)22-12-9-20(10-13-22)24(27-15-5-6-16-27)18-25-30(28,29)23-14-11-19-7-3-4-8-21(19)17-23/h9-14,17,24-25H,3-8,15-16,18H2,1-2H3/p+1/t24-/m0/s1. The van der Waals surface area contributed by atoms with E-state index in [2.05, 4.69) is 33.9 Å². The number of quaternary nitrogens is 1. The molecule has 0 unspecified atom stereocenters. The molecule has 162 valence electrons. The average molecular weight is 429 g/mol. The summed E-state index contributed by atoms with van der Waals surface area (Å²) in [5, 5.41) is 0. The predicted molar refractivity (Wildman–Crippen MR) is 122 cm³/mol. The van der Waals surface area contributed by atoms with Gasteiger partial charge in [-0.05, 0) is 61.1 Å². The topological polar surface area (TPSA) is 53.9 Å². The first-order chi connectivity index (χ1) is 14.4. The SMILES string of the molecule is CN(C)c1ccc([C@H](CNS(=O)(=O)c2ccc3c(c2)CCCC3)[NH+]2CCCC2)cc1. The molecule has 1 fully saturated rings. The van der Waals surface area contributed by atoms with Gasteiger partial charge in [0.05, 0.1) is 24.5 Å². The average Bonchev–Trinajstić information content (AvgIpc) is 3.28. The van der Waals surface area contributed by atoms with E-state index >= 15 is 0 Å². The summed E-state index contributed by atoms with van der Waals surface area (Å²) in [5.41, 5.74) is 4.86. The second-order valence-corrected chi connectivity index (χ2v) is 10.7. The molecular weight excluding hydrogens is 394 g/mol. The highest BCUT2D eigenvalue weighted by Gasteiger charge is 2.29. The van der Waals surface area contributed by atoms with Gasteiger partial charge in [0.25, 0.3) is 0 Å². The Morgan fingerprint density at radius 2 is 1.60 bits per heavy atom. The van der Waals surface area contributed by atoms with Crippen LogP contribution in [0.25, 0.3) is 0 Å². The Labute approximate surface area is 181 Å². The number of rotatable bonds is 7. The van der Waals surface area contributed by atoms with Crippen molar-refractivity contribution in [3.8, 4) is 0 Å². The van der Waals surface area contributed by atoms with E-state index in [1.165, 1.54) is 40.9 Å². The summed E-state index contributed by atoms with van der Waals surface area (Å²) in [6.45, 7) is 2.62. The van der Waals surface area contributed by atoms with E-state index in [0.29, 0.717) is 11.4 Å². The van der Waals surface area contributed by atoms with Crippen LogP contribution in [0, 0.1) is 0 Å². The van der Waals surface area contributed by atoms with Gasteiger partial charge in [-0.25, -0.2) is 13.1 Å². The Morgan fingerprint density at radius 1 is 0.933 bits per heavy atom. The number of likely N-dealkylation sites (tertiary alicyclic amines) is 1. The summed E-state index contributed by atoms with van der Waals surface area (Å²) >= 11 is 0. The van der Waals surface area contributed by atoms with Gasteiger partial charge in [-0.3, -0.25) is 0 Å². The summed E-state index contributed by atoms with van der Waals surface area (Å²) in [7, 11) is 0.546. The van der Waals surface area contributed by atoms with E-state index in [-0.39, 0.29) is 6.04 Å². The number of hydrogen-bond acceptors (Lipinski definition) is 3. The fraction of sp³-hybridized carbons (Fsp3) is 0.500. The molecule has 0 saturated carbocycles. The molecule has 30 heavy (non-hydrogen) atoms. The number of sulfonamides is 1. The molecule has 0 spiro atoms. The number of fused-ring (bicyclic) bond motifs is 1. The summed E-state index contributed by atoms with van der Waals surface area (Å²) < 4.78 is 29.1. The minimum absolute atomic E-state index is 0.135. The largest absolute Gasteiger partial charge is 0.378 e. The van der Waals surface area contributed by atoms with Gasteiger partial charge in [-0.1, -0.05) is 18.2 Å². The Hall–Kier alpha value is -1.89. The van der Waals surface area contributed by atoms with Crippen LogP contribution >= 0.6 is 0 Å². The lowest BCUT2D eigenvalue weighted by Crippen LogP contribution is -3.11. The molecule has 2 N–H and O–H groups in total. The van der Waals surface area contributed by atoms with Gasteiger partial charge in [-0.2, -0.15) is 0 Å². The van der Waals surface area contributed by atoms with Crippen LogP contribution in [0.15, 0.2) is 47.4 Å². The quantitative estimate of drug-likeness (QED) is 0.712. The number of hydrogen-bond donors (Lipinski definition) is 2. The van der Waals surface area contributed by atoms with E-state index in [0.717, 1.165) is 38.0 Å². The molecule has 1 saturated heterocycles. The highest BCUT2D eigenvalue weighted by Crippen LogP contribution is 2.24. The Balaban J connectivity index is 1.53. The molecule has 2 aliphatic rings. The highest BCUT2D eigenvalue weighted by molar-refractivity contribution is 7.89. The maximum Gasteiger partial charge on any atom is 0.240 e. The van der Waals surface area contributed by atoms with Crippen LogP contribution in [-0.2, 0) is 22.9 Å². The van der Waals surface area contributed by atoms with Crippen molar-refractivity contribution in [3.05, 3.63) is 59.2 Å². The number of nitrogens with zero attached hydrogens (tertiary/aromatic N) is 1. The first-order valence-corrected chi connectivity index (χ1v) is 12.7. The Kier molecular flexibility index (Phi) is 6.46. The van der Waals surface area contributed by atoms with Crippen molar-refractivity contribution in [1.29, 1.82) is 0 Å². The molecule has 1 atom stereocenters. The molecule has 1 heterocycles. The van der Waals surface area contributed by atoms with E-state index in [1.54, 1.807) is 6.07 Å². The van der Waals surface area contributed by atoms with Gasteiger partial charge in [0.2, 0.25) is 10.0 Å². The molecule has 0 bridgehead atoms. The maximum atomic E-state index is 13.1. The van der Waals surface area contributed by atoms with Crippen molar-refractivity contribution in [3.63, 3.8) is 0 Å². The highest BCUT2D eigenvalue weighted by atomic mass is 32.2. The molecule has 0 radical (unpaired) electrons. The monoisotopic (exact) mass is 428 g/mol. The van der Waals surface area contributed by atoms with Gasteiger partial charge in [-0.15, -0.1) is 0 Å². The number of nitrogens with one attached hydrogen (secondary N) is 2. The zero-order valence-electron chi connectivity index (χ0n) is 18.2. The Morgan fingerprint density at radius 3 is 2.27 bits per heavy atom. The molecule has 6 heteroatoms. The third-order valence-corrected chi connectivity index (χ3v) is 8.08. The van der Waals surface area contributed by atoms with Gasteiger partial charge < -0.3 is 9.80 Å². The molecule has 1 aliphatic heterocycles.